The maximum atomic E-state index is 12.9. The van der Waals surface area contributed by atoms with Gasteiger partial charge in [0.05, 0.1) is 16.3 Å². The van der Waals surface area contributed by atoms with Crippen LogP contribution < -0.4 is 10.2 Å². The normalized spacial score (nSPS) is 19.4. The Morgan fingerprint density at radius 1 is 0.971 bits per heavy atom. The van der Waals surface area contributed by atoms with Crippen LogP contribution in [0.1, 0.15) is 31.2 Å². The first-order valence-electron chi connectivity index (χ1n) is 11.9. The second-order valence-electron chi connectivity index (χ2n) is 9.28. The van der Waals surface area contributed by atoms with Crippen LogP contribution in [-0.4, -0.2) is 49.8 Å². The van der Waals surface area contributed by atoms with Gasteiger partial charge in [-0.05, 0) is 75.1 Å². The molecule has 5 rings (SSSR count). The van der Waals surface area contributed by atoms with Gasteiger partial charge in [-0.1, -0.05) is 17.7 Å². The van der Waals surface area contributed by atoms with E-state index in [9.17, 15) is 13.2 Å². The zero-order valence-electron chi connectivity index (χ0n) is 19.4. The molecule has 7 nitrogen and oxygen atoms in total. The first-order chi connectivity index (χ1) is 16.4. The van der Waals surface area contributed by atoms with Crippen molar-refractivity contribution in [2.24, 2.45) is 5.92 Å². The van der Waals surface area contributed by atoms with Crippen molar-refractivity contribution in [1.29, 1.82) is 0 Å². The molecule has 2 fully saturated rings. The summed E-state index contributed by atoms with van der Waals surface area (Å²) in [6.07, 6.45) is 3.59. The van der Waals surface area contributed by atoms with Crippen molar-refractivity contribution in [2.45, 2.75) is 37.5 Å². The van der Waals surface area contributed by atoms with E-state index in [-0.39, 0.29) is 11.8 Å². The molecule has 0 aliphatic carbocycles. The van der Waals surface area contributed by atoms with E-state index in [2.05, 4.69) is 10.2 Å². The lowest BCUT2D eigenvalue weighted by Gasteiger charge is -2.33. The van der Waals surface area contributed by atoms with Gasteiger partial charge in [-0.2, -0.15) is 4.31 Å². The highest BCUT2D eigenvalue weighted by molar-refractivity contribution is 7.89. The van der Waals surface area contributed by atoms with Crippen LogP contribution in [0.2, 0.25) is 0 Å². The van der Waals surface area contributed by atoms with E-state index < -0.39 is 10.0 Å². The van der Waals surface area contributed by atoms with E-state index in [1.54, 1.807) is 22.5 Å². The van der Waals surface area contributed by atoms with Gasteiger partial charge < -0.3 is 10.2 Å². The van der Waals surface area contributed by atoms with Crippen molar-refractivity contribution in [3.8, 4) is 0 Å². The highest BCUT2D eigenvalue weighted by Gasteiger charge is 2.28. The van der Waals surface area contributed by atoms with Crippen molar-refractivity contribution < 1.29 is 13.2 Å². The Hall–Kier alpha value is -2.97. The van der Waals surface area contributed by atoms with Crippen molar-refractivity contribution in [2.75, 3.05) is 36.4 Å². The van der Waals surface area contributed by atoms with E-state index in [1.807, 2.05) is 43.3 Å². The third-order valence-corrected chi connectivity index (χ3v) is 8.68. The van der Waals surface area contributed by atoms with Crippen LogP contribution in [0, 0.1) is 12.8 Å². The minimum absolute atomic E-state index is 0.0334. The van der Waals surface area contributed by atoms with Crippen LogP contribution in [0.5, 0.6) is 0 Å². The number of nitrogens with zero attached hydrogens (tertiary/aromatic N) is 3. The maximum Gasteiger partial charge on any atom is 0.243 e. The minimum atomic E-state index is -3.46. The van der Waals surface area contributed by atoms with E-state index in [0.717, 1.165) is 60.2 Å². The highest BCUT2D eigenvalue weighted by Crippen LogP contribution is 2.28. The number of fused-ring (bicyclic) bond motifs is 1. The van der Waals surface area contributed by atoms with Crippen LogP contribution in [0.25, 0.3) is 10.9 Å². The topological polar surface area (TPSA) is 82.6 Å². The molecule has 2 aliphatic rings. The Bertz CT molecular complexity index is 1300. The number of nitrogens with one attached hydrogen (secondary N) is 1. The van der Waals surface area contributed by atoms with Crippen molar-refractivity contribution >= 4 is 38.3 Å². The van der Waals surface area contributed by atoms with Crippen LogP contribution in [0.15, 0.2) is 59.5 Å². The van der Waals surface area contributed by atoms with Crippen molar-refractivity contribution in [3.63, 3.8) is 0 Å². The van der Waals surface area contributed by atoms with Gasteiger partial charge in [-0.25, -0.2) is 13.4 Å². The van der Waals surface area contributed by atoms with Gasteiger partial charge in [-0.3, -0.25) is 4.79 Å². The Balaban J connectivity index is 1.31. The van der Waals surface area contributed by atoms with E-state index >= 15 is 0 Å². The molecule has 1 aromatic heterocycles. The number of pyridine rings is 1. The fraction of sp³-hybridized carbons (Fsp3) is 0.385. The number of anilines is 2. The Labute approximate surface area is 200 Å². The molecule has 0 saturated carbocycles. The van der Waals surface area contributed by atoms with Gasteiger partial charge >= 0.3 is 0 Å². The molecule has 0 radical (unpaired) electrons. The van der Waals surface area contributed by atoms with E-state index in [4.69, 9.17) is 4.98 Å². The number of aromatic nitrogens is 1. The average molecular weight is 479 g/mol. The number of rotatable bonds is 5. The number of carbonyl (C=O) groups excluding carboxylic acids is 1. The molecule has 8 heteroatoms. The molecule has 0 spiro atoms. The van der Waals surface area contributed by atoms with Gasteiger partial charge in [0.1, 0.15) is 5.82 Å². The standard InChI is InChI=1S/C26H30N4O3S/c1-19-6-9-22(10-7-19)27-26(31)21-5-4-14-29(18-21)25-13-8-20-17-23(11-12-24(20)28-25)34(32,33)30-15-2-3-16-30/h6-13,17,21H,2-5,14-16,18H2,1H3,(H,27,31)/t21-/m1/s1. The predicted molar refractivity (Wildman–Crippen MR) is 134 cm³/mol. The predicted octanol–water partition coefficient (Wildman–Crippen LogP) is 4.18. The van der Waals surface area contributed by atoms with Crippen molar-refractivity contribution in [3.05, 3.63) is 60.2 Å². The second kappa shape index (κ2) is 9.35. The van der Waals surface area contributed by atoms with Gasteiger partial charge in [-0.15, -0.1) is 0 Å². The highest BCUT2D eigenvalue weighted by atomic mass is 32.2. The first-order valence-corrected chi connectivity index (χ1v) is 13.4. The maximum absolute atomic E-state index is 12.9. The molecule has 2 aliphatic heterocycles. The number of hydrogen-bond donors (Lipinski definition) is 1. The van der Waals surface area contributed by atoms with Crippen molar-refractivity contribution in [1.82, 2.24) is 9.29 Å². The lowest BCUT2D eigenvalue weighted by atomic mass is 9.97. The van der Waals surface area contributed by atoms with Gasteiger partial charge in [0.15, 0.2) is 0 Å². The van der Waals surface area contributed by atoms with E-state index in [0.29, 0.717) is 24.5 Å². The SMILES string of the molecule is Cc1ccc(NC(=O)[C@@H]2CCCN(c3ccc4cc(S(=O)(=O)N5CCCC5)ccc4n3)C2)cc1. The number of carbonyl (C=O) groups is 1. The zero-order valence-corrected chi connectivity index (χ0v) is 20.2. The molecule has 34 heavy (non-hydrogen) atoms. The monoisotopic (exact) mass is 478 g/mol. The van der Waals surface area contributed by atoms with Crippen LogP contribution >= 0.6 is 0 Å². The van der Waals surface area contributed by atoms with Crippen LogP contribution in [0.4, 0.5) is 11.5 Å². The molecule has 178 valence electrons. The van der Waals surface area contributed by atoms with Gasteiger partial charge in [0.25, 0.3) is 0 Å². The molecule has 0 unspecified atom stereocenters. The zero-order chi connectivity index (χ0) is 23.7. The van der Waals surface area contributed by atoms with Crippen LogP contribution in [0.3, 0.4) is 0 Å². The summed E-state index contributed by atoms with van der Waals surface area (Å²) < 4.78 is 27.4. The van der Waals surface area contributed by atoms with Gasteiger partial charge in [0, 0.05) is 37.3 Å². The first kappa shape index (κ1) is 22.8. The lowest BCUT2D eigenvalue weighted by molar-refractivity contribution is -0.120. The molecule has 1 atom stereocenters. The molecule has 3 heterocycles. The van der Waals surface area contributed by atoms with Crippen LogP contribution in [-0.2, 0) is 14.8 Å². The third-order valence-electron chi connectivity index (χ3n) is 6.78. The summed E-state index contributed by atoms with van der Waals surface area (Å²) in [6.45, 7) is 4.65. The summed E-state index contributed by atoms with van der Waals surface area (Å²) in [5.74, 6) is 0.738. The summed E-state index contributed by atoms with van der Waals surface area (Å²) >= 11 is 0. The fourth-order valence-electron chi connectivity index (χ4n) is 4.79. The number of piperidine rings is 1. The molecule has 0 bridgehead atoms. The molecule has 2 aromatic carbocycles. The summed E-state index contributed by atoms with van der Waals surface area (Å²) in [6, 6.07) is 16.8. The fourth-order valence-corrected chi connectivity index (χ4v) is 6.34. The van der Waals surface area contributed by atoms with E-state index in [1.165, 1.54) is 0 Å². The molecule has 1 amide bonds. The Morgan fingerprint density at radius 2 is 1.74 bits per heavy atom. The Kier molecular flexibility index (Phi) is 6.27. The number of benzene rings is 2. The molecule has 2 saturated heterocycles. The summed E-state index contributed by atoms with van der Waals surface area (Å²) in [5.41, 5.74) is 2.73. The number of hydrogen-bond acceptors (Lipinski definition) is 5. The smallest absolute Gasteiger partial charge is 0.243 e. The summed E-state index contributed by atoms with van der Waals surface area (Å²) in [4.78, 5) is 20.1. The number of aryl methyl sites for hydroxylation is 1. The second-order valence-corrected chi connectivity index (χ2v) is 11.2. The Morgan fingerprint density at radius 3 is 2.50 bits per heavy atom. The number of amides is 1. The quantitative estimate of drug-likeness (QED) is 0.595. The average Bonchev–Trinajstić information content (AvgIpc) is 3.41. The lowest BCUT2D eigenvalue weighted by Crippen LogP contribution is -2.41. The third kappa shape index (κ3) is 4.65. The summed E-state index contributed by atoms with van der Waals surface area (Å²) in [5, 5.41) is 3.84. The number of sulfonamides is 1. The molecule has 3 aromatic rings. The minimum Gasteiger partial charge on any atom is -0.356 e. The molecular weight excluding hydrogens is 448 g/mol. The largest absolute Gasteiger partial charge is 0.356 e. The van der Waals surface area contributed by atoms with Gasteiger partial charge in [0.2, 0.25) is 15.9 Å². The molecular formula is C26H30N4O3S. The summed E-state index contributed by atoms with van der Waals surface area (Å²) in [7, 11) is -3.46. The molecule has 1 N–H and O–H groups in total.